The molecule has 4 rings (SSSR count). The van der Waals surface area contributed by atoms with Crippen LogP contribution >= 0.6 is 0 Å². The monoisotopic (exact) mass is 321 g/mol. The number of hydrogen-bond acceptors (Lipinski definition) is 3. The second-order valence-electron chi connectivity index (χ2n) is 6.99. The lowest BCUT2D eigenvalue weighted by molar-refractivity contribution is 0.0784. The van der Waals surface area contributed by atoms with Crippen LogP contribution in [0.15, 0.2) is 48.8 Å². The fraction of sp³-hybridized carbons (Fsp3) is 0.400. The van der Waals surface area contributed by atoms with E-state index in [0.29, 0.717) is 11.8 Å². The van der Waals surface area contributed by atoms with Gasteiger partial charge in [0.2, 0.25) is 0 Å². The Labute approximate surface area is 143 Å². The fourth-order valence-electron chi connectivity index (χ4n) is 4.09. The number of nitrogens with zero attached hydrogens (tertiary/aromatic N) is 3. The van der Waals surface area contributed by atoms with Crippen LogP contribution in [0.25, 0.3) is 0 Å². The van der Waals surface area contributed by atoms with E-state index in [1.807, 2.05) is 49.6 Å². The molecule has 2 saturated heterocycles. The molecule has 0 bridgehead atoms. The first-order valence-electron chi connectivity index (χ1n) is 8.72. The van der Waals surface area contributed by atoms with Gasteiger partial charge >= 0.3 is 0 Å². The number of amides is 1. The summed E-state index contributed by atoms with van der Waals surface area (Å²) in [4.78, 5) is 21.6. The molecular weight excluding hydrogens is 298 g/mol. The number of rotatable bonds is 2. The zero-order chi connectivity index (χ0) is 16.5. The van der Waals surface area contributed by atoms with Gasteiger partial charge in [0.25, 0.3) is 5.91 Å². The minimum absolute atomic E-state index is 0.190. The molecule has 4 nitrogen and oxygen atoms in total. The average molecular weight is 321 g/mol. The molecule has 2 fully saturated rings. The van der Waals surface area contributed by atoms with Crippen molar-refractivity contribution in [1.29, 1.82) is 0 Å². The van der Waals surface area contributed by atoms with Crippen LogP contribution in [0.5, 0.6) is 0 Å². The average Bonchev–Trinajstić information content (AvgIpc) is 3.05. The lowest BCUT2D eigenvalue weighted by atomic mass is 9.88. The van der Waals surface area contributed by atoms with Gasteiger partial charge in [-0.15, -0.1) is 0 Å². The molecule has 0 radical (unpaired) electrons. The number of aromatic nitrogens is 1. The molecule has 0 N–H and O–H groups in total. The van der Waals surface area contributed by atoms with Crippen LogP contribution in [0.2, 0.25) is 0 Å². The number of anilines is 1. The molecule has 1 aromatic heterocycles. The summed E-state index contributed by atoms with van der Waals surface area (Å²) >= 11 is 0. The number of piperidine rings is 1. The molecule has 0 unspecified atom stereocenters. The first-order chi connectivity index (χ1) is 11.7. The van der Waals surface area contributed by atoms with E-state index >= 15 is 0 Å². The minimum atomic E-state index is 0.190. The highest BCUT2D eigenvalue weighted by atomic mass is 16.2. The maximum Gasteiger partial charge on any atom is 0.254 e. The van der Waals surface area contributed by atoms with Crippen molar-refractivity contribution in [3.8, 4) is 0 Å². The quantitative estimate of drug-likeness (QED) is 0.853. The largest absolute Gasteiger partial charge is 0.370 e. The number of hydrogen-bond donors (Lipinski definition) is 0. The highest BCUT2D eigenvalue weighted by molar-refractivity contribution is 5.95. The molecule has 0 spiro atoms. The Hall–Kier alpha value is -2.36. The number of carbonyl (C=O) groups is 1. The lowest BCUT2D eigenvalue weighted by Gasteiger charge is -2.35. The van der Waals surface area contributed by atoms with Crippen molar-refractivity contribution >= 4 is 11.6 Å². The second-order valence-corrected chi connectivity index (χ2v) is 6.99. The van der Waals surface area contributed by atoms with Crippen LogP contribution in [0.4, 0.5) is 5.69 Å². The summed E-state index contributed by atoms with van der Waals surface area (Å²) in [7, 11) is 0. The maximum absolute atomic E-state index is 12.9. The van der Waals surface area contributed by atoms with E-state index in [9.17, 15) is 4.79 Å². The summed E-state index contributed by atoms with van der Waals surface area (Å²) < 4.78 is 0. The van der Waals surface area contributed by atoms with Crippen LogP contribution in [-0.2, 0) is 0 Å². The van der Waals surface area contributed by atoms with Crippen molar-refractivity contribution in [3.63, 3.8) is 0 Å². The summed E-state index contributed by atoms with van der Waals surface area (Å²) in [5.41, 5.74) is 3.11. The molecule has 2 aromatic rings. The summed E-state index contributed by atoms with van der Waals surface area (Å²) in [5, 5.41) is 0. The molecule has 2 aliphatic heterocycles. The van der Waals surface area contributed by atoms with E-state index < -0.39 is 0 Å². The van der Waals surface area contributed by atoms with E-state index in [1.54, 1.807) is 0 Å². The SMILES string of the molecule is Cc1ccccc1C(=O)N1C[C@H]2CCN(c3cccnc3)C[C@H]2C1. The van der Waals surface area contributed by atoms with Gasteiger partial charge in [0, 0.05) is 37.9 Å². The Morgan fingerprint density at radius 1 is 1.08 bits per heavy atom. The zero-order valence-corrected chi connectivity index (χ0v) is 14.1. The molecule has 1 aromatic carbocycles. The molecule has 1 amide bonds. The predicted molar refractivity (Wildman–Crippen MR) is 95.1 cm³/mol. The summed E-state index contributed by atoms with van der Waals surface area (Å²) in [6.45, 7) is 5.86. The van der Waals surface area contributed by atoms with E-state index in [4.69, 9.17) is 0 Å². The van der Waals surface area contributed by atoms with Gasteiger partial charge in [0.1, 0.15) is 0 Å². The van der Waals surface area contributed by atoms with Gasteiger partial charge in [-0.2, -0.15) is 0 Å². The third kappa shape index (κ3) is 2.77. The number of pyridine rings is 1. The third-order valence-electron chi connectivity index (χ3n) is 5.47. The van der Waals surface area contributed by atoms with Crippen LogP contribution < -0.4 is 4.90 Å². The lowest BCUT2D eigenvalue weighted by Crippen LogP contribution is -2.40. The summed E-state index contributed by atoms with van der Waals surface area (Å²) in [5.74, 6) is 1.38. The topological polar surface area (TPSA) is 36.4 Å². The van der Waals surface area contributed by atoms with E-state index in [0.717, 1.165) is 43.7 Å². The molecule has 3 heterocycles. The van der Waals surface area contributed by atoms with Crippen molar-refractivity contribution in [3.05, 3.63) is 59.9 Å². The van der Waals surface area contributed by atoms with Crippen molar-refractivity contribution < 1.29 is 4.79 Å². The van der Waals surface area contributed by atoms with Crippen molar-refractivity contribution in [2.75, 3.05) is 31.1 Å². The predicted octanol–water partition coefficient (Wildman–Crippen LogP) is 2.99. The van der Waals surface area contributed by atoms with Crippen LogP contribution in [0, 0.1) is 18.8 Å². The van der Waals surface area contributed by atoms with Crippen molar-refractivity contribution in [2.45, 2.75) is 13.3 Å². The number of carbonyl (C=O) groups excluding carboxylic acids is 1. The number of fused-ring (bicyclic) bond motifs is 1. The van der Waals surface area contributed by atoms with Crippen LogP contribution in [0.1, 0.15) is 22.3 Å². The van der Waals surface area contributed by atoms with Gasteiger partial charge in [-0.1, -0.05) is 18.2 Å². The second kappa shape index (κ2) is 6.27. The van der Waals surface area contributed by atoms with E-state index in [-0.39, 0.29) is 5.91 Å². The van der Waals surface area contributed by atoms with Crippen molar-refractivity contribution in [2.24, 2.45) is 11.8 Å². The van der Waals surface area contributed by atoms with Gasteiger partial charge in [-0.05, 0) is 48.9 Å². The molecule has 4 heteroatoms. The van der Waals surface area contributed by atoms with E-state index in [1.165, 1.54) is 5.69 Å². The smallest absolute Gasteiger partial charge is 0.254 e. The third-order valence-corrected chi connectivity index (χ3v) is 5.47. The zero-order valence-electron chi connectivity index (χ0n) is 14.1. The van der Waals surface area contributed by atoms with Crippen LogP contribution in [0.3, 0.4) is 0 Å². The number of aryl methyl sites for hydroxylation is 1. The van der Waals surface area contributed by atoms with Gasteiger partial charge in [0.05, 0.1) is 11.9 Å². The number of benzene rings is 1. The highest BCUT2D eigenvalue weighted by Crippen LogP contribution is 2.34. The Bertz CT molecular complexity index is 731. The first kappa shape index (κ1) is 15.2. The highest BCUT2D eigenvalue weighted by Gasteiger charge is 2.39. The molecule has 2 atom stereocenters. The molecule has 24 heavy (non-hydrogen) atoms. The first-order valence-corrected chi connectivity index (χ1v) is 8.72. The maximum atomic E-state index is 12.9. The molecular formula is C20H23N3O. The molecule has 2 aliphatic rings. The number of likely N-dealkylation sites (tertiary alicyclic amines) is 1. The summed E-state index contributed by atoms with van der Waals surface area (Å²) in [6, 6.07) is 12.0. The van der Waals surface area contributed by atoms with Crippen molar-refractivity contribution in [1.82, 2.24) is 9.88 Å². The van der Waals surface area contributed by atoms with Crippen LogP contribution in [-0.4, -0.2) is 42.0 Å². The van der Waals surface area contributed by atoms with E-state index in [2.05, 4.69) is 20.9 Å². The Kier molecular flexibility index (Phi) is 3.97. The van der Waals surface area contributed by atoms with Gasteiger partial charge in [-0.25, -0.2) is 0 Å². The van der Waals surface area contributed by atoms with Gasteiger partial charge in [0.15, 0.2) is 0 Å². The Morgan fingerprint density at radius 2 is 1.92 bits per heavy atom. The molecule has 0 aliphatic carbocycles. The normalized spacial score (nSPS) is 23.2. The molecule has 0 saturated carbocycles. The summed E-state index contributed by atoms with van der Waals surface area (Å²) in [6.07, 6.45) is 4.90. The Balaban J connectivity index is 1.47. The minimum Gasteiger partial charge on any atom is -0.370 e. The van der Waals surface area contributed by atoms with Gasteiger partial charge in [-0.3, -0.25) is 9.78 Å². The molecule has 124 valence electrons. The fourth-order valence-corrected chi connectivity index (χ4v) is 4.09. The van der Waals surface area contributed by atoms with Gasteiger partial charge < -0.3 is 9.80 Å². The standard InChI is InChI=1S/C20H23N3O/c1-15-5-2-3-7-19(15)20(24)23-12-16-8-10-22(13-17(16)14-23)18-6-4-9-21-11-18/h2-7,9,11,16-17H,8,10,12-14H2,1H3/t16-,17+/m1/s1. The Morgan fingerprint density at radius 3 is 2.71 bits per heavy atom.